The van der Waals surface area contributed by atoms with E-state index in [0.29, 0.717) is 12.2 Å². The predicted octanol–water partition coefficient (Wildman–Crippen LogP) is 4.08. The number of hydrogen-bond acceptors (Lipinski definition) is 3. The van der Waals surface area contributed by atoms with Gasteiger partial charge in [0.2, 0.25) is 0 Å². The first kappa shape index (κ1) is 21.6. The van der Waals surface area contributed by atoms with Crippen LogP contribution < -0.4 is 15.5 Å². The summed E-state index contributed by atoms with van der Waals surface area (Å²) in [5, 5.41) is 5.07. The first-order valence-corrected chi connectivity index (χ1v) is 10.8. The lowest BCUT2D eigenvalue weighted by molar-refractivity contribution is -0.136. The highest BCUT2D eigenvalue weighted by atomic mass is 19.1. The Labute approximate surface area is 187 Å². The lowest BCUT2D eigenvalue weighted by atomic mass is 9.99. The number of rotatable bonds is 6. The summed E-state index contributed by atoms with van der Waals surface area (Å²) in [6.07, 6.45) is 2.60. The molecule has 0 aliphatic carbocycles. The third kappa shape index (κ3) is 5.52. The second-order valence-corrected chi connectivity index (χ2v) is 7.93. The highest BCUT2D eigenvalue weighted by Gasteiger charge is 2.16. The van der Waals surface area contributed by atoms with E-state index in [1.54, 1.807) is 0 Å². The molecule has 0 unspecified atom stereocenters. The average Bonchev–Trinajstić information content (AvgIpc) is 2.83. The van der Waals surface area contributed by atoms with Crippen molar-refractivity contribution in [2.24, 2.45) is 0 Å². The molecule has 0 saturated carbocycles. The van der Waals surface area contributed by atoms with Crippen LogP contribution in [0.5, 0.6) is 0 Å². The largest absolute Gasteiger partial charge is 0.367 e. The zero-order chi connectivity index (χ0) is 22.3. The molecular weight excluding hydrogens is 405 g/mol. The molecule has 2 amide bonds. The second-order valence-electron chi connectivity index (χ2n) is 7.93. The number of amides is 2. The molecule has 0 spiro atoms. The summed E-state index contributed by atoms with van der Waals surface area (Å²) in [4.78, 5) is 26.2. The van der Waals surface area contributed by atoms with E-state index in [1.165, 1.54) is 46.6 Å². The first-order valence-electron chi connectivity index (χ1n) is 10.8. The van der Waals surface area contributed by atoms with E-state index in [2.05, 4.69) is 64.1 Å². The van der Waals surface area contributed by atoms with Gasteiger partial charge in [0.05, 0.1) is 0 Å². The van der Waals surface area contributed by atoms with Crippen LogP contribution in [0.2, 0.25) is 0 Å². The van der Waals surface area contributed by atoms with E-state index < -0.39 is 17.6 Å². The molecule has 3 aromatic carbocycles. The lowest BCUT2D eigenvalue weighted by Crippen LogP contribution is -2.36. The van der Waals surface area contributed by atoms with Crippen LogP contribution in [0.3, 0.4) is 0 Å². The third-order valence-electron chi connectivity index (χ3n) is 5.67. The van der Waals surface area contributed by atoms with Gasteiger partial charge in [-0.25, -0.2) is 4.39 Å². The number of hydrogen-bond donors (Lipinski definition) is 2. The molecule has 5 nitrogen and oxygen atoms in total. The van der Waals surface area contributed by atoms with Gasteiger partial charge in [-0.15, -0.1) is 0 Å². The number of carbonyl (C=O) groups excluding carboxylic acids is 2. The van der Waals surface area contributed by atoms with Gasteiger partial charge in [-0.3, -0.25) is 9.59 Å². The second kappa shape index (κ2) is 10.1. The van der Waals surface area contributed by atoms with Crippen molar-refractivity contribution in [2.45, 2.75) is 25.8 Å². The first-order chi connectivity index (χ1) is 15.6. The minimum atomic E-state index is -0.760. The summed E-state index contributed by atoms with van der Waals surface area (Å²) in [7, 11) is 0. The van der Waals surface area contributed by atoms with E-state index in [9.17, 15) is 14.0 Å². The fraction of sp³-hybridized carbons (Fsp3) is 0.231. The number of fused-ring (bicyclic) bond motifs is 1. The van der Waals surface area contributed by atoms with Crippen LogP contribution >= 0.6 is 0 Å². The van der Waals surface area contributed by atoms with Crippen LogP contribution in [0.1, 0.15) is 23.1 Å². The maximum Gasteiger partial charge on any atom is 0.313 e. The molecule has 1 aliphatic heterocycles. The van der Waals surface area contributed by atoms with E-state index in [4.69, 9.17) is 0 Å². The van der Waals surface area contributed by atoms with Gasteiger partial charge < -0.3 is 15.5 Å². The fourth-order valence-electron chi connectivity index (χ4n) is 3.89. The third-order valence-corrected chi connectivity index (χ3v) is 5.67. The molecule has 2 N–H and O–H groups in total. The van der Waals surface area contributed by atoms with Gasteiger partial charge >= 0.3 is 11.8 Å². The van der Waals surface area contributed by atoms with E-state index in [0.717, 1.165) is 32.4 Å². The number of nitrogens with one attached hydrogen (secondary N) is 2. The Kier molecular flexibility index (Phi) is 6.80. The highest BCUT2D eigenvalue weighted by Crippen LogP contribution is 2.24. The average molecular weight is 432 g/mol. The van der Waals surface area contributed by atoms with Crippen molar-refractivity contribution in [3.63, 3.8) is 0 Å². The van der Waals surface area contributed by atoms with Gasteiger partial charge in [-0.1, -0.05) is 36.4 Å². The Morgan fingerprint density at radius 3 is 2.34 bits per heavy atom. The summed E-state index contributed by atoms with van der Waals surface area (Å²) in [5.41, 5.74) is 5.62. The Hall–Kier alpha value is -3.67. The summed E-state index contributed by atoms with van der Waals surface area (Å²) < 4.78 is 12.9. The monoisotopic (exact) mass is 431 g/mol. The maximum absolute atomic E-state index is 12.9. The lowest BCUT2D eigenvalue weighted by Gasteiger charge is -2.30. The number of nitrogens with zero attached hydrogens (tertiary/aromatic N) is 1. The summed E-state index contributed by atoms with van der Waals surface area (Å²) >= 11 is 0. The Morgan fingerprint density at radius 2 is 1.59 bits per heavy atom. The van der Waals surface area contributed by atoms with Crippen LogP contribution in [0, 0.1) is 5.82 Å². The molecule has 0 bridgehead atoms. The Morgan fingerprint density at radius 1 is 0.875 bits per heavy atom. The Balaban J connectivity index is 1.20. The molecule has 0 atom stereocenters. The zero-order valence-electron chi connectivity index (χ0n) is 17.8. The van der Waals surface area contributed by atoms with Crippen LogP contribution in [-0.2, 0) is 29.0 Å². The van der Waals surface area contributed by atoms with Gasteiger partial charge in [0.25, 0.3) is 0 Å². The quantitative estimate of drug-likeness (QED) is 0.457. The molecular formula is C26H26FN3O2. The van der Waals surface area contributed by atoms with Gasteiger partial charge in [-0.05, 0) is 72.4 Å². The smallest absolute Gasteiger partial charge is 0.313 e. The molecule has 1 aliphatic rings. The molecule has 0 fully saturated rings. The number of halogens is 1. The normalized spacial score (nSPS) is 12.7. The minimum Gasteiger partial charge on any atom is -0.367 e. The number of anilines is 2. The summed E-state index contributed by atoms with van der Waals surface area (Å²) in [6, 6.07) is 22.4. The zero-order valence-corrected chi connectivity index (χ0v) is 17.8. The molecule has 1 heterocycles. The number of carbonyl (C=O) groups is 2. The van der Waals surface area contributed by atoms with Crippen molar-refractivity contribution in [2.75, 3.05) is 23.3 Å². The standard InChI is InChI=1S/C26H26FN3O2/c27-22-9-11-23(12-10-22)29-26(32)25(31)28-16-3-4-19-7-13-24(14-8-19)30-17-15-20-5-1-2-6-21(20)18-30/h1-2,5-14H,3-4,15-18H2,(H,28,31)(H,29,32). The maximum atomic E-state index is 12.9. The van der Waals surface area contributed by atoms with Crippen molar-refractivity contribution in [3.8, 4) is 0 Å². The van der Waals surface area contributed by atoms with Crippen molar-refractivity contribution in [1.82, 2.24) is 5.32 Å². The molecule has 6 heteroatoms. The molecule has 32 heavy (non-hydrogen) atoms. The van der Waals surface area contributed by atoms with Crippen LogP contribution in [0.25, 0.3) is 0 Å². The summed E-state index contributed by atoms with van der Waals surface area (Å²) in [6.45, 7) is 2.35. The minimum absolute atomic E-state index is 0.379. The molecule has 0 aromatic heterocycles. The van der Waals surface area contributed by atoms with Gasteiger partial charge in [0.15, 0.2) is 0 Å². The molecule has 164 valence electrons. The van der Waals surface area contributed by atoms with E-state index in [-0.39, 0.29) is 0 Å². The van der Waals surface area contributed by atoms with Gasteiger partial charge in [0.1, 0.15) is 5.82 Å². The molecule has 0 saturated heterocycles. The van der Waals surface area contributed by atoms with Crippen molar-refractivity contribution in [1.29, 1.82) is 0 Å². The molecule has 0 radical (unpaired) electrons. The van der Waals surface area contributed by atoms with E-state index in [1.807, 2.05) is 0 Å². The topological polar surface area (TPSA) is 61.4 Å². The van der Waals surface area contributed by atoms with E-state index >= 15 is 0 Å². The van der Waals surface area contributed by atoms with Crippen molar-refractivity contribution >= 4 is 23.2 Å². The fourth-order valence-corrected chi connectivity index (χ4v) is 3.89. The van der Waals surface area contributed by atoms with Gasteiger partial charge in [0, 0.05) is 31.0 Å². The summed E-state index contributed by atoms with van der Waals surface area (Å²) in [5.74, 6) is -1.86. The van der Waals surface area contributed by atoms with Crippen molar-refractivity contribution < 1.29 is 14.0 Å². The number of aryl methyl sites for hydroxylation is 1. The molecule has 4 rings (SSSR count). The predicted molar refractivity (Wildman–Crippen MR) is 124 cm³/mol. The van der Waals surface area contributed by atoms with Crippen LogP contribution in [0.15, 0.2) is 72.8 Å². The highest BCUT2D eigenvalue weighted by molar-refractivity contribution is 6.39. The van der Waals surface area contributed by atoms with Crippen LogP contribution in [-0.4, -0.2) is 24.9 Å². The Bertz CT molecular complexity index is 1080. The number of benzene rings is 3. The van der Waals surface area contributed by atoms with Crippen LogP contribution in [0.4, 0.5) is 15.8 Å². The molecule has 3 aromatic rings. The van der Waals surface area contributed by atoms with Gasteiger partial charge in [-0.2, -0.15) is 0 Å². The van der Waals surface area contributed by atoms with Crippen molar-refractivity contribution in [3.05, 3.63) is 95.3 Å². The SMILES string of the molecule is O=C(NCCCc1ccc(N2CCc3ccccc3C2)cc1)C(=O)Nc1ccc(F)cc1.